The van der Waals surface area contributed by atoms with Crippen LogP contribution in [0, 0.1) is 13.8 Å². The second kappa shape index (κ2) is 6.18. The van der Waals surface area contributed by atoms with Crippen LogP contribution in [0.4, 0.5) is 13.2 Å². The topological polar surface area (TPSA) is 17.1 Å². The van der Waals surface area contributed by atoms with Crippen molar-refractivity contribution in [3.63, 3.8) is 0 Å². The first-order valence-corrected chi connectivity index (χ1v) is 6.74. The number of halogens is 3. The Balaban J connectivity index is 2.16. The molecular weight excluding hydrogens is 289 g/mol. The standard InChI is InChI=1S/C18H15F3O/c1-12-3-9-16(13(2)11-12)17(22)10-6-14-4-7-15(8-5-14)18(19,20)21/h3-11H,1-2H3/b10-6+. The summed E-state index contributed by atoms with van der Waals surface area (Å²) in [4.78, 5) is 12.1. The van der Waals surface area contributed by atoms with Crippen molar-refractivity contribution >= 4 is 11.9 Å². The molecule has 22 heavy (non-hydrogen) atoms. The molecule has 0 amide bonds. The summed E-state index contributed by atoms with van der Waals surface area (Å²) in [6.45, 7) is 3.80. The SMILES string of the molecule is Cc1ccc(C(=O)/C=C/c2ccc(C(F)(F)F)cc2)c(C)c1. The zero-order valence-electron chi connectivity index (χ0n) is 12.2. The van der Waals surface area contributed by atoms with Crippen LogP contribution in [0.25, 0.3) is 6.08 Å². The quantitative estimate of drug-likeness (QED) is 0.561. The normalized spacial score (nSPS) is 11.9. The molecule has 0 aliphatic carbocycles. The van der Waals surface area contributed by atoms with E-state index >= 15 is 0 Å². The lowest BCUT2D eigenvalue weighted by Crippen LogP contribution is -2.04. The fourth-order valence-electron chi connectivity index (χ4n) is 2.13. The molecule has 2 aromatic rings. The average Bonchev–Trinajstić information content (AvgIpc) is 2.44. The zero-order chi connectivity index (χ0) is 16.3. The van der Waals surface area contributed by atoms with Crippen LogP contribution in [0.3, 0.4) is 0 Å². The van der Waals surface area contributed by atoms with Crippen molar-refractivity contribution in [3.8, 4) is 0 Å². The van der Waals surface area contributed by atoms with Crippen LogP contribution in [-0.4, -0.2) is 5.78 Å². The summed E-state index contributed by atoms with van der Waals surface area (Å²) in [6.07, 6.45) is -1.46. The molecule has 0 aliphatic rings. The number of carbonyl (C=O) groups excluding carboxylic acids is 1. The predicted octanol–water partition coefficient (Wildman–Crippen LogP) is 5.22. The molecule has 114 valence electrons. The fraction of sp³-hybridized carbons (Fsp3) is 0.167. The maximum absolute atomic E-state index is 12.5. The summed E-state index contributed by atoms with van der Waals surface area (Å²) in [6, 6.07) is 10.2. The van der Waals surface area contributed by atoms with Crippen molar-refractivity contribution in [2.24, 2.45) is 0 Å². The molecule has 0 spiro atoms. The van der Waals surface area contributed by atoms with E-state index < -0.39 is 11.7 Å². The minimum atomic E-state index is -4.35. The number of alkyl halides is 3. The highest BCUT2D eigenvalue weighted by Gasteiger charge is 2.29. The molecule has 0 heterocycles. The zero-order valence-corrected chi connectivity index (χ0v) is 12.2. The maximum atomic E-state index is 12.5. The van der Waals surface area contributed by atoms with Gasteiger partial charge in [-0.25, -0.2) is 0 Å². The monoisotopic (exact) mass is 304 g/mol. The van der Waals surface area contributed by atoms with E-state index in [0.29, 0.717) is 11.1 Å². The van der Waals surface area contributed by atoms with Crippen LogP contribution >= 0.6 is 0 Å². The second-order valence-corrected chi connectivity index (χ2v) is 5.14. The summed E-state index contributed by atoms with van der Waals surface area (Å²) in [5.41, 5.74) is 2.38. The van der Waals surface area contributed by atoms with Crippen molar-refractivity contribution in [2.75, 3.05) is 0 Å². The van der Waals surface area contributed by atoms with Gasteiger partial charge in [0.2, 0.25) is 0 Å². The lowest BCUT2D eigenvalue weighted by Gasteiger charge is -2.06. The predicted molar refractivity (Wildman–Crippen MR) is 80.7 cm³/mol. The number of rotatable bonds is 3. The van der Waals surface area contributed by atoms with Gasteiger partial charge in [-0.05, 0) is 43.2 Å². The van der Waals surface area contributed by atoms with E-state index in [4.69, 9.17) is 0 Å². The first kappa shape index (κ1) is 16.0. The van der Waals surface area contributed by atoms with E-state index in [9.17, 15) is 18.0 Å². The van der Waals surface area contributed by atoms with E-state index in [1.807, 2.05) is 26.0 Å². The summed E-state index contributed by atoms with van der Waals surface area (Å²) in [5, 5.41) is 0. The van der Waals surface area contributed by atoms with Crippen LogP contribution in [0.2, 0.25) is 0 Å². The van der Waals surface area contributed by atoms with Crippen molar-refractivity contribution in [1.29, 1.82) is 0 Å². The van der Waals surface area contributed by atoms with Gasteiger partial charge in [0.1, 0.15) is 0 Å². The molecule has 0 bridgehead atoms. The highest BCUT2D eigenvalue weighted by molar-refractivity contribution is 6.07. The average molecular weight is 304 g/mol. The van der Waals surface area contributed by atoms with E-state index in [0.717, 1.165) is 23.3 Å². The number of ketones is 1. The summed E-state index contributed by atoms with van der Waals surface area (Å²) in [5.74, 6) is -0.169. The second-order valence-electron chi connectivity index (χ2n) is 5.14. The largest absolute Gasteiger partial charge is 0.416 e. The summed E-state index contributed by atoms with van der Waals surface area (Å²) < 4.78 is 37.4. The van der Waals surface area contributed by atoms with Crippen LogP contribution in [0.15, 0.2) is 48.5 Å². The molecule has 4 heteroatoms. The summed E-state index contributed by atoms with van der Waals surface area (Å²) >= 11 is 0. The molecule has 0 saturated carbocycles. The van der Waals surface area contributed by atoms with Gasteiger partial charge in [0, 0.05) is 5.56 Å². The number of benzene rings is 2. The molecule has 0 fully saturated rings. The number of allylic oxidation sites excluding steroid dienone is 1. The maximum Gasteiger partial charge on any atom is 0.416 e. The first-order chi connectivity index (χ1) is 10.3. The Morgan fingerprint density at radius 2 is 1.64 bits per heavy atom. The van der Waals surface area contributed by atoms with Crippen LogP contribution in [-0.2, 0) is 6.18 Å². The Kier molecular flexibility index (Phi) is 4.50. The molecule has 2 aromatic carbocycles. The highest BCUT2D eigenvalue weighted by Crippen LogP contribution is 2.29. The van der Waals surface area contributed by atoms with Gasteiger partial charge in [-0.3, -0.25) is 4.79 Å². The fourth-order valence-corrected chi connectivity index (χ4v) is 2.13. The molecule has 0 radical (unpaired) electrons. The molecule has 0 aliphatic heterocycles. The molecule has 0 N–H and O–H groups in total. The van der Waals surface area contributed by atoms with Crippen LogP contribution < -0.4 is 0 Å². The van der Waals surface area contributed by atoms with Crippen LogP contribution in [0.5, 0.6) is 0 Å². The lowest BCUT2D eigenvalue weighted by atomic mass is 10.0. The Bertz CT molecular complexity index is 710. The number of carbonyl (C=O) groups is 1. The number of hydrogen-bond acceptors (Lipinski definition) is 1. The third-order valence-electron chi connectivity index (χ3n) is 3.31. The lowest BCUT2D eigenvalue weighted by molar-refractivity contribution is -0.137. The Morgan fingerprint density at radius 3 is 2.18 bits per heavy atom. The molecule has 0 atom stereocenters. The van der Waals surface area contributed by atoms with E-state index in [1.165, 1.54) is 24.3 Å². The van der Waals surface area contributed by atoms with Crippen LogP contribution in [0.1, 0.15) is 32.6 Å². The minimum Gasteiger partial charge on any atom is -0.289 e. The smallest absolute Gasteiger partial charge is 0.289 e. The minimum absolute atomic E-state index is 0.169. The molecule has 0 saturated heterocycles. The first-order valence-electron chi connectivity index (χ1n) is 6.74. The number of hydrogen-bond donors (Lipinski definition) is 0. The van der Waals surface area contributed by atoms with Crippen molar-refractivity contribution in [3.05, 3.63) is 76.4 Å². The third-order valence-corrected chi connectivity index (χ3v) is 3.31. The Labute approximate surface area is 127 Å². The van der Waals surface area contributed by atoms with Gasteiger partial charge in [0.05, 0.1) is 5.56 Å². The van der Waals surface area contributed by atoms with Crippen molar-refractivity contribution < 1.29 is 18.0 Å². The van der Waals surface area contributed by atoms with Gasteiger partial charge < -0.3 is 0 Å². The van der Waals surface area contributed by atoms with E-state index in [2.05, 4.69) is 0 Å². The molecular formula is C18H15F3O. The molecule has 2 rings (SSSR count). The van der Waals surface area contributed by atoms with Crippen molar-refractivity contribution in [2.45, 2.75) is 20.0 Å². The van der Waals surface area contributed by atoms with Gasteiger partial charge in [-0.1, -0.05) is 42.0 Å². The van der Waals surface area contributed by atoms with Gasteiger partial charge in [0.25, 0.3) is 0 Å². The molecule has 0 unspecified atom stereocenters. The Hall–Kier alpha value is -2.36. The number of aryl methyl sites for hydroxylation is 2. The van der Waals surface area contributed by atoms with E-state index in [-0.39, 0.29) is 5.78 Å². The molecule has 0 aromatic heterocycles. The Morgan fingerprint density at radius 1 is 1.00 bits per heavy atom. The van der Waals surface area contributed by atoms with Gasteiger partial charge in [-0.15, -0.1) is 0 Å². The van der Waals surface area contributed by atoms with Gasteiger partial charge in [-0.2, -0.15) is 13.2 Å². The van der Waals surface area contributed by atoms with Gasteiger partial charge in [0.15, 0.2) is 5.78 Å². The summed E-state index contributed by atoms with van der Waals surface area (Å²) in [7, 11) is 0. The van der Waals surface area contributed by atoms with Crippen molar-refractivity contribution in [1.82, 2.24) is 0 Å². The molecule has 1 nitrogen and oxygen atoms in total. The third kappa shape index (κ3) is 3.85. The van der Waals surface area contributed by atoms with E-state index in [1.54, 1.807) is 6.07 Å². The van der Waals surface area contributed by atoms with Gasteiger partial charge >= 0.3 is 6.18 Å². The highest BCUT2D eigenvalue weighted by atomic mass is 19.4.